The van der Waals surface area contributed by atoms with Crippen LogP contribution >= 0.6 is 23.1 Å². The van der Waals surface area contributed by atoms with Crippen LogP contribution in [0, 0.1) is 13.8 Å². The number of aryl methyl sites for hydroxylation is 2. The molecule has 3 aromatic rings. The molecule has 0 atom stereocenters. The summed E-state index contributed by atoms with van der Waals surface area (Å²) in [7, 11) is 0. The lowest BCUT2D eigenvalue weighted by atomic mass is 10.2. The molecular weight excluding hydrogens is 340 g/mol. The Labute approximate surface area is 148 Å². The minimum Gasteiger partial charge on any atom is -0.383 e. The van der Waals surface area contributed by atoms with Crippen molar-refractivity contribution in [1.82, 2.24) is 15.3 Å². The van der Waals surface area contributed by atoms with Crippen LogP contribution in [0.3, 0.4) is 0 Å². The summed E-state index contributed by atoms with van der Waals surface area (Å²) >= 11 is 2.90. The van der Waals surface area contributed by atoms with Gasteiger partial charge >= 0.3 is 0 Å². The number of nitrogen functional groups attached to an aromatic ring is 1. The molecule has 124 valence electrons. The van der Waals surface area contributed by atoms with Gasteiger partial charge in [-0.2, -0.15) is 0 Å². The van der Waals surface area contributed by atoms with Gasteiger partial charge in [-0.05, 0) is 25.0 Å². The van der Waals surface area contributed by atoms with Crippen LogP contribution in [0.1, 0.15) is 16.0 Å². The number of nitrogens with two attached hydrogens (primary N) is 1. The molecule has 0 unspecified atom stereocenters. The first-order chi connectivity index (χ1) is 11.5. The molecule has 5 nitrogen and oxygen atoms in total. The van der Waals surface area contributed by atoms with Crippen LogP contribution in [-0.4, -0.2) is 21.6 Å². The minimum atomic E-state index is -0.0512. The third-order valence-electron chi connectivity index (χ3n) is 3.70. The second-order valence-corrected chi connectivity index (χ2v) is 7.55. The molecule has 0 saturated carbocycles. The zero-order valence-corrected chi connectivity index (χ0v) is 15.1. The molecule has 0 aliphatic rings. The number of thioether (sulfide) groups is 1. The van der Waals surface area contributed by atoms with E-state index in [1.807, 2.05) is 44.2 Å². The van der Waals surface area contributed by atoms with Gasteiger partial charge in [0.15, 0.2) is 5.16 Å². The SMILES string of the molecule is Cc1sc2nc(SCC(=O)NCc3ccccc3)nc(N)c2c1C. The van der Waals surface area contributed by atoms with Gasteiger partial charge in [0.25, 0.3) is 0 Å². The number of rotatable bonds is 5. The Balaban J connectivity index is 1.62. The Hall–Kier alpha value is -2.12. The number of fused-ring (bicyclic) bond motifs is 1. The lowest BCUT2D eigenvalue weighted by molar-refractivity contribution is -0.118. The van der Waals surface area contributed by atoms with E-state index in [1.54, 1.807) is 11.3 Å². The molecule has 2 heterocycles. The average molecular weight is 358 g/mol. The van der Waals surface area contributed by atoms with Crippen molar-refractivity contribution in [2.75, 3.05) is 11.5 Å². The predicted octanol–water partition coefficient (Wildman–Crippen LogP) is 3.30. The Kier molecular flexibility index (Phi) is 5.01. The van der Waals surface area contributed by atoms with E-state index in [2.05, 4.69) is 15.3 Å². The van der Waals surface area contributed by atoms with Crippen molar-refractivity contribution in [3.8, 4) is 0 Å². The molecule has 7 heteroatoms. The van der Waals surface area contributed by atoms with E-state index in [9.17, 15) is 4.79 Å². The van der Waals surface area contributed by atoms with Crippen molar-refractivity contribution in [2.45, 2.75) is 25.5 Å². The number of hydrogen-bond acceptors (Lipinski definition) is 6. The Bertz CT molecular complexity index is 877. The lowest BCUT2D eigenvalue weighted by Gasteiger charge is -2.05. The molecule has 3 N–H and O–H groups in total. The molecule has 1 aromatic carbocycles. The van der Waals surface area contributed by atoms with E-state index < -0.39 is 0 Å². The van der Waals surface area contributed by atoms with E-state index in [0.717, 1.165) is 21.3 Å². The summed E-state index contributed by atoms with van der Waals surface area (Å²) in [4.78, 5) is 22.9. The zero-order valence-electron chi connectivity index (χ0n) is 13.5. The van der Waals surface area contributed by atoms with Gasteiger partial charge in [0.2, 0.25) is 5.91 Å². The number of benzene rings is 1. The average Bonchev–Trinajstić information content (AvgIpc) is 2.86. The summed E-state index contributed by atoms with van der Waals surface area (Å²) in [6, 6.07) is 9.81. The van der Waals surface area contributed by atoms with Gasteiger partial charge in [-0.25, -0.2) is 9.97 Å². The van der Waals surface area contributed by atoms with Crippen LogP contribution in [0.15, 0.2) is 35.5 Å². The van der Waals surface area contributed by atoms with Crippen molar-refractivity contribution in [3.63, 3.8) is 0 Å². The van der Waals surface area contributed by atoms with Crippen LogP contribution in [0.4, 0.5) is 5.82 Å². The molecule has 0 fully saturated rings. The Morgan fingerprint density at radius 3 is 2.75 bits per heavy atom. The molecular formula is C17H18N4OS2. The van der Waals surface area contributed by atoms with E-state index in [0.29, 0.717) is 17.5 Å². The van der Waals surface area contributed by atoms with Gasteiger partial charge in [-0.15, -0.1) is 11.3 Å². The van der Waals surface area contributed by atoms with Crippen molar-refractivity contribution in [2.24, 2.45) is 0 Å². The van der Waals surface area contributed by atoms with E-state index in [1.165, 1.54) is 16.6 Å². The van der Waals surface area contributed by atoms with Crippen molar-refractivity contribution >= 4 is 45.0 Å². The maximum Gasteiger partial charge on any atom is 0.230 e. The molecule has 0 aliphatic heterocycles. The monoisotopic (exact) mass is 358 g/mol. The summed E-state index contributed by atoms with van der Waals surface area (Å²) < 4.78 is 0. The second kappa shape index (κ2) is 7.19. The maximum atomic E-state index is 12.0. The highest BCUT2D eigenvalue weighted by molar-refractivity contribution is 7.99. The highest BCUT2D eigenvalue weighted by Gasteiger charge is 2.13. The summed E-state index contributed by atoms with van der Waals surface area (Å²) in [5, 5.41) is 4.35. The number of carbonyl (C=O) groups excluding carboxylic acids is 1. The fourth-order valence-electron chi connectivity index (χ4n) is 2.30. The largest absolute Gasteiger partial charge is 0.383 e. The fourth-order valence-corrected chi connectivity index (χ4v) is 4.08. The number of carbonyl (C=O) groups is 1. The summed E-state index contributed by atoms with van der Waals surface area (Å²) in [5.74, 6) is 0.694. The number of anilines is 1. The first-order valence-electron chi connectivity index (χ1n) is 7.51. The number of hydrogen-bond donors (Lipinski definition) is 2. The quantitative estimate of drug-likeness (QED) is 0.540. The van der Waals surface area contributed by atoms with Gasteiger partial charge in [0.1, 0.15) is 10.6 Å². The van der Waals surface area contributed by atoms with Crippen molar-refractivity contribution < 1.29 is 4.79 Å². The zero-order chi connectivity index (χ0) is 17.1. The Morgan fingerprint density at radius 2 is 2.00 bits per heavy atom. The van der Waals surface area contributed by atoms with E-state index in [4.69, 9.17) is 5.73 Å². The number of nitrogens with zero attached hydrogens (tertiary/aromatic N) is 2. The number of nitrogens with one attached hydrogen (secondary N) is 1. The molecule has 0 spiro atoms. The van der Waals surface area contributed by atoms with Crippen LogP contribution in [0.5, 0.6) is 0 Å². The minimum absolute atomic E-state index is 0.0512. The fraction of sp³-hybridized carbons (Fsp3) is 0.235. The first-order valence-corrected chi connectivity index (χ1v) is 9.31. The standard InChI is InChI=1S/C17H18N4OS2/c1-10-11(2)24-16-14(10)15(18)20-17(21-16)23-9-13(22)19-8-12-6-4-3-5-7-12/h3-7H,8-9H2,1-2H3,(H,19,22)(H2,18,20,21). The number of aromatic nitrogens is 2. The van der Waals surface area contributed by atoms with Gasteiger partial charge < -0.3 is 11.1 Å². The van der Waals surface area contributed by atoms with Gasteiger partial charge in [0, 0.05) is 11.4 Å². The smallest absolute Gasteiger partial charge is 0.230 e. The Morgan fingerprint density at radius 1 is 1.25 bits per heavy atom. The number of thiophene rings is 1. The van der Waals surface area contributed by atoms with E-state index >= 15 is 0 Å². The molecule has 2 aromatic heterocycles. The highest BCUT2D eigenvalue weighted by Crippen LogP contribution is 2.33. The third kappa shape index (κ3) is 3.68. The predicted molar refractivity (Wildman–Crippen MR) is 100 cm³/mol. The summed E-state index contributed by atoms with van der Waals surface area (Å²) in [6.07, 6.45) is 0. The third-order valence-corrected chi connectivity index (χ3v) is 5.65. The van der Waals surface area contributed by atoms with Gasteiger partial charge in [0.05, 0.1) is 11.1 Å². The maximum absolute atomic E-state index is 12.0. The van der Waals surface area contributed by atoms with E-state index in [-0.39, 0.29) is 11.7 Å². The molecule has 3 rings (SSSR count). The highest BCUT2D eigenvalue weighted by atomic mass is 32.2. The van der Waals surface area contributed by atoms with Crippen LogP contribution in [-0.2, 0) is 11.3 Å². The first kappa shape index (κ1) is 16.7. The van der Waals surface area contributed by atoms with Crippen LogP contribution < -0.4 is 11.1 Å². The molecule has 0 bridgehead atoms. The molecule has 0 saturated heterocycles. The molecule has 0 radical (unpaired) electrons. The topological polar surface area (TPSA) is 80.9 Å². The normalized spacial score (nSPS) is 10.9. The number of amides is 1. The molecule has 24 heavy (non-hydrogen) atoms. The van der Waals surface area contributed by atoms with Gasteiger partial charge in [-0.3, -0.25) is 4.79 Å². The summed E-state index contributed by atoms with van der Waals surface area (Å²) in [5.41, 5.74) is 8.25. The lowest BCUT2D eigenvalue weighted by Crippen LogP contribution is -2.24. The van der Waals surface area contributed by atoms with Crippen LogP contribution in [0.2, 0.25) is 0 Å². The van der Waals surface area contributed by atoms with Gasteiger partial charge in [-0.1, -0.05) is 42.1 Å². The second-order valence-electron chi connectivity index (χ2n) is 5.41. The van der Waals surface area contributed by atoms with Crippen LogP contribution in [0.25, 0.3) is 10.2 Å². The van der Waals surface area contributed by atoms with Crippen molar-refractivity contribution in [1.29, 1.82) is 0 Å². The summed E-state index contributed by atoms with van der Waals surface area (Å²) in [6.45, 7) is 4.59. The van der Waals surface area contributed by atoms with Crippen molar-refractivity contribution in [3.05, 3.63) is 46.3 Å². The molecule has 1 amide bonds. The molecule has 0 aliphatic carbocycles.